The van der Waals surface area contributed by atoms with Crippen LogP contribution in [0.3, 0.4) is 0 Å². The zero-order valence-electron chi connectivity index (χ0n) is 11.9. The minimum atomic E-state index is -0.863. The van der Waals surface area contributed by atoms with Crippen LogP contribution in [0.1, 0.15) is 32.8 Å². The molecule has 0 radical (unpaired) electrons. The Hall–Kier alpha value is -1.91. The molecule has 1 heterocycles. The van der Waals surface area contributed by atoms with E-state index in [1.165, 1.54) is 12.1 Å². The van der Waals surface area contributed by atoms with E-state index in [2.05, 4.69) is 5.32 Å². The van der Waals surface area contributed by atoms with Crippen LogP contribution in [-0.2, 0) is 11.3 Å². The van der Waals surface area contributed by atoms with Crippen molar-refractivity contribution < 1.29 is 14.0 Å². The lowest BCUT2D eigenvalue weighted by molar-refractivity contribution is -0.131. The first-order valence-corrected chi connectivity index (χ1v) is 6.70. The maximum atomic E-state index is 13.2. The molecule has 0 saturated carbocycles. The van der Waals surface area contributed by atoms with Gasteiger partial charge < -0.3 is 5.32 Å². The minimum absolute atomic E-state index is 0.0934. The van der Waals surface area contributed by atoms with Crippen LogP contribution in [0.5, 0.6) is 0 Å². The minimum Gasteiger partial charge on any atom is -0.323 e. The van der Waals surface area contributed by atoms with Crippen LogP contribution in [0.25, 0.3) is 0 Å². The van der Waals surface area contributed by atoms with Crippen molar-refractivity contribution in [2.75, 3.05) is 0 Å². The molecule has 1 aromatic rings. The molecular weight excluding hydrogens is 259 g/mol. The van der Waals surface area contributed by atoms with Crippen molar-refractivity contribution in [2.45, 2.75) is 39.3 Å². The van der Waals surface area contributed by atoms with Crippen molar-refractivity contribution >= 4 is 11.9 Å². The lowest BCUT2D eigenvalue weighted by Gasteiger charge is -2.23. The summed E-state index contributed by atoms with van der Waals surface area (Å²) in [6.45, 7) is 5.83. The Balaban J connectivity index is 2.17. The smallest absolute Gasteiger partial charge is 0.323 e. The van der Waals surface area contributed by atoms with Crippen LogP contribution in [-0.4, -0.2) is 22.4 Å². The molecule has 4 nitrogen and oxygen atoms in total. The predicted molar refractivity (Wildman–Crippen MR) is 73.3 cm³/mol. The zero-order chi connectivity index (χ0) is 14.9. The van der Waals surface area contributed by atoms with Gasteiger partial charge in [-0.1, -0.05) is 26.0 Å². The second-order valence-corrected chi connectivity index (χ2v) is 5.88. The predicted octanol–water partition coefficient (Wildman–Crippen LogP) is 2.68. The molecule has 1 N–H and O–H groups in total. The Bertz CT molecular complexity index is 544. The molecule has 0 aromatic heterocycles. The highest BCUT2D eigenvalue weighted by Crippen LogP contribution is 2.26. The zero-order valence-corrected chi connectivity index (χ0v) is 11.9. The third-order valence-electron chi connectivity index (χ3n) is 3.39. The lowest BCUT2D eigenvalue weighted by Crippen LogP contribution is -2.44. The van der Waals surface area contributed by atoms with E-state index in [1.807, 2.05) is 13.8 Å². The number of benzene rings is 1. The molecule has 3 amide bonds. The van der Waals surface area contributed by atoms with Crippen LogP contribution in [0.4, 0.5) is 9.18 Å². The molecule has 108 valence electrons. The normalized spacial score (nSPS) is 22.6. The maximum absolute atomic E-state index is 13.2. The molecule has 5 heteroatoms. The summed E-state index contributed by atoms with van der Waals surface area (Å²) in [7, 11) is 0. The van der Waals surface area contributed by atoms with E-state index >= 15 is 0 Å². The number of halogens is 1. The molecule has 1 fully saturated rings. The first-order chi connectivity index (χ1) is 9.32. The van der Waals surface area contributed by atoms with Gasteiger partial charge in [0.05, 0.1) is 6.54 Å². The molecule has 2 rings (SSSR count). The fourth-order valence-corrected chi connectivity index (χ4v) is 2.66. The topological polar surface area (TPSA) is 49.4 Å². The first kappa shape index (κ1) is 14.5. The number of nitrogens with zero attached hydrogens (tertiary/aromatic N) is 1. The number of urea groups is 1. The molecule has 0 bridgehead atoms. The molecule has 20 heavy (non-hydrogen) atoms. The number of carbonyl (C=O) groups excluding carboxylic acids is 2. The Morgan fingerprint density at radius 2 is 2.05 bits per heavy atom. The molecule has 1 aliphatic heterocycles. The lowest BCUT2D eigenvalue weighted by atomic mass is 9.91. The number of rotatable bonds is 4. The van der Waals surface area contributed by atoms with Crippen molar-refractivity contribution in [1.29, 1.82) is 0 Å². The van der Waals surface area contributed by atoms with Crippen LogP contribution in [0.2, 0.25) is 0 Å². The van der Waals surface area contributed by atoms with Gasteiger partial charge in [0.25, 0.3) is 5.91 Å². The van der Waals surface area contributed by atoms with E-state index in [-0.39, 0.29) is 18.3 Å². The number of imide groups is 1. The number of hydrogen-bond donors (Lipinski definition) is 1. The number of nitrogens with one attached hydrogen (secondary N) is 1. The molecule has 0 aliphatic carbocycles. The average Bonchev–Trinajstić information content (AvgIpc) is 2.52. The van der Waals surface area contributed by atoms with Crippen molar-refractivity contribution in [1.82, 2.24) is 10.2 Å². The molecular formula is C15H19FN2O2. The van der Waals surface area contributed by atoms with Gasteiger partial charge in [0.1, 0.15) is 11.4 Å². The summed E-state index contributed by atoms with van der Waals surface area (Å²) in [6, 6.07) is 5.51. The van der Waals surface area contributed by atoms with E-state index in [0.717, 1.165) is 4.90 Å². The third-order valence-corrected chi connectivity index (χ3v) is 3.39. The van der Waals surface area contributed by atoms with Gasteiger partial charge in [-0.25, -0.2) is 9.18 Å². The number of hydrogen-bond acceptors (Lipinski definition) is 2. The molecule has 0 spiro atoms. The van der Waals surface area contributed by atoms with Gasteiger partial charge in [-0.3, -0.25) is 9.69 Å². The van der Waals surface area contributed by atoms with E-state index < -0.39 is 11.6 Å². The number of carbonyl (C=O) groups is 2. The van der Waals surface area contributed by atoms with E-state index in [1.54, 1.807) is 19.1 Å². The van der Waals surface area contributed by atoms with Gasteiger partial charge in [0.2, 0.25) is 0 Å². The quantitative estimate of drug-likeness (QED) is 0.861. The largest absolute Gasteiger partial charge is 0.325 e. The highest BCUT2D eigenvalue weighted by atomic mass is 19.1. The summed E-state index contributed by atoms with van der Waals surface area (Å²) in [4.78, 5) is 25.5. The summed E-state index contributed by atoms with van der Waals surface area (Å²) >= 11 is 0. The summed E-state index contributed by atoms with van der Waals surface area (Å²) < 4.78 is 13.2. The molecule has 1 saturated heterocycles. The molecule has 1 aromatic carbocycles. The van der Waals surface area contributed by atoms with Crippen LogP contribution in [0, 0.1) is 11.7 Å². The second kappa shape index (κ2) is 5.23. The fraction of sp³-hybridized carbons (Fsp3) is 0.467. The monoisotopic (exact) mass is 278 g/mol. The molecule has 1 unspecified atom stereocenters. The SMILES string of the molecule is CC(C)CC1(C)NC(=O)N(Cc2cccc(F)c2)C1=O. The van der Waals surface area contributed by atoms with Gasteiger partial charge in [-0.15, -0.1) is 0 Å². The Kier molecular flexibility index (Phi) is 3.79. The highest BCUT2D eigenvalue weighted by Gasteiger charge is 2.47. The summed E-state index contributed by atoms with van der Waals surface area (Å²) in [5, 5.41) is 2.74. The fourth-order valence-electron chi connectivity index (χ4n) is 2.66. The summed E-state index contributed by atoms with van der Waals surface area (Å²) in [5.74, 6) is -0.335. The first-order valence-electron chi connectivity index (χ1n) is 6.70. The third kappa shape index (κ3) is 2.81. The van der Waals surface area contributed by atoms with Gasteiger partial charge in [-0.2, -0.15) is 0 Å². The summed E-state index contributed by atoms with van der Waals surface area (Å²) in [5.41, 5.74) is -0.263. The summed E-state index contributed by atoms with van der Waals surface area (Å²) in [6.07, 6.45) is 0.581. The van der Waals surface area contributed by atoms with Crippen LogP contribution in [0.15, 0.2) is 24.3 Å². The molecule has 1 atom stereocenters. The highest BCUT2D eigenvalue weighted by molar-refractivity contribution is 6.06. The van der Waals surface area contributed by atoms with E-state index in [4.69, 9.17) is 0 Å². The Labute approximate surface area is 118 Å². The van der Waals surface area contributed by atoms with Gasteiger partial charge in [0, 0.05) is 0 Å². The van der Waals surface area contributed by atoms with E-state index in [9.17, 15) is 14.0 Å². The maximum Gasteiger partial charge on any atom is 0.325 e. The second-order valence-electron chi connectivity index (χ2n) is 5.88. The van der Waals surface area contributed by atoms with Gasteiger partial charge in [-0.05, 0) is 37.0 Å². The average molecular weight is 278 g/mol. The van der Waals surface area contributed by atoms with Crippen LogP contribution < -0.4 is 5.32 Å². The van der Waals surface area contributed by atoms with Gasteiger partial charge in [0.15, 0.2) is 0 Å². The van der Waals surface area contributed by atoms with Crippen molar-refractivity contribution in [2.24, 2.45) is 5.92 Å². The van der Waals surface area contributed by atoms with Gasteiger partial charge >= 0.3 is 6.03 Å². The van der Waals surface area contributed by atoms with E-state index in [0.29, 0.717) is 17.9 Å². The van der Waals surface area contributed by atoms with Crippen molar-refractivity contribution in [3.63, 3.8) is 0 Å². The number of amides is 3. The van der Waals surface area contributed by atoms with Crippen molar-refractivity contribution in [3.05, 3.63) is 35.6 Å². The van der Waals surface area contributed by atoms with Crippen LogP contribution >= 0.6 is 0 Å². The Morgan fingerprint density at radius 3 is 2.65 bits per heavy atom. The standard InChI is InChI=1S/C15H19FN2O2/c1-10(2)8-15(3)13(19)18(14(20)17-15)9-11-5-4-6-12(16)7-11/h4-7,10H,8-9H2,1-3H3,(H,17,20). The Morgan fingerprint density at radius 1 is 1.35 bits per heavy atom. The van der Waals surface area contributed by atoms with Crippen molar-refractivity contribution in [3.8, 4) is 0 Å². The molecule has 1 aliphatic rings.